The number of carbonyl (C=O) groups is 2. The van der Waals surface area contributed by atoms with Crippen molar-refractivity contribution in [2.75, 3.05) is 32.7 Å². The molecule has 1 heterocycles. The number of piperazine rings is 1. The molecule has 1 aromatic rings. The number of carbonyl (C=O) groups excluding carboxylic acids is 2. The lowest BCUT2D eigenvalue weighted by molar-refractivity contribution is -0.138. The molecule has 1 unspecified atom stereocenters. The number of rotatable bonds is 5. The molecule has 1 saturated heterocycles. The molecule has 0 radical (unpaired) electrons. The lowest BCUT2D eigenvalue weighted by Crippen LogP contribution is -2.57. The van der Waals surface area contributed by atoms with Gasteiger partial charge in [-0.2, -0.15) is 0 Å². The molecule has 0 spiro atoms. The minimum Gasteiger partial charge on any atom is -0.352 e. The molecule has 1 atom stereocenters. The van der Waals surface area contributed by atoms with Crippen LogP contribution in [0.1, 0.15) is 44.6 Å². The highest BCUT2D eigenvalue weighted by molar-refractivity contribution is 5.87. The van der Waals surface area contributed by atoms with E-state index in [0.29, 0.717) is 38.8 Å². The van der Waals surface area contributed by atoms with Crippen LogP contribution in [-0.4, -0.2) is 60.4 Å². The minimum absolute atomic E-state index is 0. The second kappa shape index (κ2) is 11.7. The van der Waals surface area contributed by atoms with Crippen molar-refractivity contribution in [3.05, 3.63) is 35.9 Å². The van der Waals surface area contributed by atoms with Crippen molar-refractivity contribution in [3.8, 4) is 0 Å². The highest BCUT2D eigenvalue weighted by Gasteiger charge is 2.35. The van der Waals surface area contributed by atoms with Crippen molar-refractivity contribution in [2.24, 2.45) is 5.73 Å². The minimum atomic E-state index is -1.03. The molecular formula is C21H34Cl2N4O2. The number of halogens is 2. The van der Waals surface area contributed by atoms with Crippen molar-refractivity contribution < 1.29 is 9.59 Å². The van der Waals surface area contributed by atoms with Gasteiger partial charge in [0.15, 0.2) is 0 Å². The van der Waals surface area contributed by atoms with Crippen molar-refractivity contribution in [2.45, 2.75) is 50.6 Å². The standard InChI is InChI=1S/C21H32N4O2.2ClH/c1-21(22,17-8-4-2-5-9-17)20(27)25-14-12-24(13-15-25)16-19(26)23-18-10-6-3-7-11-18;;/h2,4-5,8-9,18H,3,6-7,10-16,22H2,1H3,(H,23,26);2*1H. The van der Waals surface area contributed by atoms with E-state index in [2.05, 4.69) is 10.2 Å². The summed E-state index contributed by atoms with van der Waals surface area (Å²) in [6.07, 6.45) is 5.91. The van der Waals surface area contributed by atoms with Crippen molar-refractivity contribution in [3.63, 3.8) is 0 Å². The number of amides is 2. The Balaban J connectivity index is 0.00000210. The molecule has 0 bridgehead atoms. The molecule has 1 aliphatic carbocycles. The molecule has 8 heteroatoms. The van der Waals surface area contributed by atoms with Gasteiger partial charge in [0.05, 0.1) is 6.54 Å². The molecule has 1 saturated carbocycles. The molecule has 29 heavy (non-hydrogen) atoms. The summed E-state index contributed by atoms with van der Waals surface area (Å²) in [7, 11) is 0. The van der Waals surface area contributed by atoms with E-state index in [-0.39, 0.29) is 36.6 Å². The summed E-state index contributed by atoms with van der Waals surface area (Å²) >= 11 is 0. The van der Waals surface area contributed by atoms with Crippen molar-refractivity contribution in [1.29, 1.82) is 0 Å². The summed E-state index contributed by atoms with van der Waals surface area (Å²) < 4.78 is 0. The van der Waals surface area contributed by atoms with E-state index < -0.39 is 5.54 Å². The summed E-state index contributed by atoms with van der Waals surface area (Å²) in [6, 6.07) is 9.85. The smallest absolute Gasteiger partial charge is 0.247 e. The van der Waals surface area contributed by atoms with Gasteiger partial charge in [-0.1, -0.05) is 49.6 Å². The van der Waals surface area contributed by atoms with Gasteiger partial charge < -0.3 is 16.0 Å². The van der Waals surface area contributed by atoms with Crippen LogP contribution >= 0.6 is 24.8 Å². The van der Waals surface area contributed by atoms with Crippen LogP contribution in [-0.2, 0) is 15.1 Å². The summed E-state index contributed by atoms with van der Waals surface area (Å²) in [5.41, 5.74) is 6.16. The molecule has 3 rings (SSSR count). The van der Waals surface area contributed by atoms with Crippen LogP contribution in [0.25, 0.3) is 0 Å². The third kappa shape index (κ3) is 6.85. The van der Waals surface area contributed by atoms with Crippen LogP contribution < -0.4 is 11.1 Å². The first kappa shape index (κ1) is 25.7. The first-order valence-electron chi connectivity index (χ1n) is 10.1. The molecule has 0 aromatic heterocycles. The summed E-state index contributed by atoms with van der Waals surface area (Å²) in [5, 5.41) is 3.16. The molecular weight excluding hydrogens is 411 g/mol. The van der Waals surface area contributed by atoms with E-state index in [4.69, 9.17) is 5.73 Å². The van der Waals surface area contributed by atoms with Crippen LogP contribution in [0, 0.1) is 0 Å². The van der Waals surface area contributed by atoms with Crippen molar-refractivity contribution >= 4 is 36.6 Å². The van der Waals surface area contributed by atoms with E-state index in [9.17, 15) is 9.59 Å². The highest BCUT2D eigenvalue weighted by atomic mass is 35.5. The van der Waals surface area contributed by atoms with Gasteiger partial charge in [0.25, 0.3) is 0 Å². The largest absolute Gasteiger partial charge is 0.352 e. The van der Waals surface area contributed by atoms with Crippen LogP contribution in [0.4, 0.5) is 0 Å². The monoisotopic (exact) mass is 444 g/mol. The molecule has 2 amide bonds. The van der Waals surface area contributed by atoms with E-state index in [1.54, 1.807) is 6.92 Å². The zero-order valence-corrected chi connectivity index (χ0v) is 18.8. The number of hydrogen-bond donors (Lipinski definition) is 2. The number of nitrogens with zero attached hydrogens (tertiary/aromatic N) is 2. The van der Waals surface area contributed by atoms with Gasteiger partial charge in [0, 0.05) is 32.2 Å². The summed E-state index contributed by atoms with van der Waals surface area (Å²) in [6.45, 7) is 4.81. The fourth-order valence-corrected chi connectivity index (χ4v) is 4.07. The fraction of sp³-hybridized carbons (Fsp3) is 0.619. The van der Waals surface area contributed by atoms with Gasteiger partial charge in [-0.25, -0.2) is 0 Å². The lowest BCUT2D eigenvalue weighted by Gasteiger charge is -2.38. The Morgan fingerprint density at radius 2 is 1.62 bits per heavy atom. The normalized spacial score (nSPS) is 20.0. The first-order valence-corrected chi connectivity index (χ1v) is 10.1. The fourth-order valence-electron chi connectivity index (χ4n) is 4.07. The van der Waals surface area contributed by atoms with Crippen molar-refractivity contribution in [1.82, 2.24) is 15.1 Å². The number of nitrogens with two attached hydrogens (primary N) is 1. The maximum atomic E-state index is 12.9. The van der Waals surface area contributed by atoms with E-state index in [1.165, 1.54) is 19.3 Å². The molecule has 2 fully saturated rings. The molecule has 1 aromatic carbocycles. The van der Waals surface area contributed by atoms with Gasteiger partial charge in [0.2, 0.25) is 11.8 Å². The van der Waals surface area contributed by atoms with Crippen LogP contribution in [0.5, 0.6) is 0 Å². The predicted molar refractivity (Wildman–Crippen MR) is 121 cm³/mol. The maximum absolute atomic E-state index is 12.9. The van der Waals surface area contributed by atoms with Gasteiger partial charge in [0.1, 0.15) is 5.54 Å². The zero-order valence-electron chi connectivity index (χ0n) is 17.1. The quantitative estimate of drug-likeness (QED) is 0.729. The molecule has 6 nitrogen and oxygen atoms in total. The van der Waals surface area contributed by atoms with E-state index in [1.807, 2.05) is 35.2 Å². The number of benzene rings is 1. The maximum Gasteiger partial charge on any atom is 0.247 e. The van der Waals surface area contributed by atoms with Gasteiger partial charge in [-0.15, -0.1) is 24.8 Å². The number of nitrogens with one attached hydrogen (secondary N) is 1. The lowest BCUT2D eigenvalue weighted by atomic mass is 9.91. The second-order valence-electron chi connectivity index (χ2n) is 8.04. The van der Waals surface area contributed by atoms with Crippen LogP contribution in [0.15, 0.2) is 30.3 Å². The Bertz CT molecular complexity index is 643. The highest BCUT2D eigenvalue weighted by Crippen LogP contribution is 2.21. The van der Waals surface area contributed by atoms with Crippen LogP contribution in [0.3, 0.4) is 0 Å². The third-order valence-electron chi connectivity index (χ3n) is 5.81. The first-order chi connectivity index (χ1) is 13.0. The Morgan fingerprint density at radius 1 is 1.03 bits per heavy atom. The number of hydrogen-bond acceptors (Lipinski definition) is 4. The Labute approximate surface area is 186 Å². The molecule has 164 valence electrons. The Morgan fingerprint density at radius 3 is 2.21 bits per heavy atom. The Kier molecular flexibility index (Phi) is 10.4. The van der Waals surface area contributed by atoms with Crippen LogP contribution in [0.2, 0.25) is 0 Å². The van der Waals surface area contributed by atoms with E-state index >= 15 is 0 Å². The van der Waals surface area contributed by atoms with Gasteiger partial charge >= 0.3 is 0 Å². The molecule has 1 aliphatic heterocycles. The summed E-state index contributed by atoms with van der Waals surface area (Å²) in [5.74, 6) is 0.0506. The average Bonchev–Trinajstić information content (AvgIpc) is 2.69. The Hall–Kier alpha value is -1.34. The molecule has 3 N–H and O–H groups in total. The zero-order chi connectivity index (χ0) is 19.3. The second-order valence-corrected chi connectivity index (χ2v) is 8.04. The SMILES string of the molecule is CC(N)(C(=O)N1CCN(CC(=O)NC2CCCCC2)CC1)c1ccccc1.Cl.Cl. The van der Waals surface area contributed by atoms with Gasteiger partial charge in [-0.05, 0) is 25.3 Å². The topological polar surface area (TPSA) is 78.7 Å². The van der Waals surface area contributed by atoms with E-state index in [0.717, 1.165) is 18.4 Å². The predicted octanol–water partition coefficient (Wildman–Crippen LogP) is 2.30. The average molecular weight is 445 g/mol. The molecule has 2 aliphatic rings. The summed E-state index contributed by atoms with van der Waals surface area (Å²) in [4.78, 5) is 29.1. The third-order valence-corrected chi connectivity index (χ3v) is 5.81. The van der Waals surface area contributed by atoms with Gasteiger partial charge in [-0.3, -0.25) is 14.5 Å².